The van der Waals surface area contributed by atoms with Crippen LogP contribution < -0.4 is 34.7 Å². The molecule has 0 saturated carbocycles. The summed E-state index contributed by atoms with van der Waals surface area (Å²) in [6.45, 7) is 14.1. The smallest absolute Gasteiger partial charge is 0.545 e. The number of rotatable bonds is 15. The van der Waals surface area contributed by atoms with Crippen molar-refractivity contribution >= 4 is 11.9 Å². The SMILES string of the molecule is C=C(C)C(=O)OC(CC)CCCCC.C=CC(=O)[O-].OCCOCCOCCO.[Na+]. The zero-order chi connectivity index (χ0) is 22.9. The molecule has 0 aliphatic rings. The molecular formula is C21H39NaO8. The third-order valence-electron chi connectivity index (χ3n) is 3.22. The average Bonchev–Trinajstić information content (AvgIpc) is 2.70. The van der Waals surface area contributed by atoms with Gasteiger partial charge in [0.05, 0.1) is 45.6 Å². The van der Waals surface area contributed by atoms with E-state index in [-0.39, 0.29) is 54.8 Å². The van der Waals surface area contributed by atoms with Crippen LogP contribution in [0.25, 0.3) is 0 Å². The first-order valence-corrected chi connectivity index (χ1v) is 9.87. The predicted octanol–water partition coefficient (Wildman–Crippen LogP) is -1.60. The van der Waals surface area contributed by atoms with Crippen LogP contribution in [0.3, 0.4) is 0 Å². The summed E-state index contributed by atoms with van der Waals surface area (Å²) in [5.41, 5.74) is 0.485. The summed E-state index contributed by atoms with van der Waals surface area (Å²) < 4.78 is 15.0. The average molecular weight is 443 g/mol. The van der Waals surface area contributed by atoms with E-state index >= 15 is 0 Å². The second-order valence-corrected chi connectivity index (χ2v) is 5.91. The van der Waals surface area contributed by atoms with Crippen molar-refractivity contribution in [3.63, 3.8) is 0 Å². The fourth-order valence-electron chi connectivity index (χ4n) is 1.67. The number of carbonyl (C=O) groups is 2. The monoisotopic (exact) mass is 442 g/mol. The molecule has 0 aromatic rings. The largest absolute Gasteiger partial charge is 1.00 e. The summed E-state index contributed by atoms with van der Waals surface area (Å²) in [7, 11) is 0. The van der Waals surface area contributed by atoms with Crippen LogP contribution >= 0.6 is 0 Å². The number of esters is 1. The molecular weight excluding hydrogens is 403 g/mol. The molecule has 0 spiro atoms. The third-order valence-corrected chi connectivity index (χ3v) is 3.22. The van der Waals surface area contributed by atoms with Crippen molar-refractivity contribution in [3.05, 3.63) is 24.8 Å². The van der Waals surface area contributed by atoms with E-state index in [1.807, 2.05) is 6.92 Å². The number of hydrogen-bond acceptors (Lipinski definition) is 8. The number of carboxylic acid groups (broad SMARTS) is 1. The maximum atomic E-state index is 11.2. The molecule has 0 aromatic heterocycles. The summed E-state index contributed by atoms with van der Waals surface area (Å²) in [4.78, 5) is 20.4. The molecule has 0 aromatic carbocycles. The standard InChI is InChI=1S/C12H22O2.C6H14O4.C3H4O2.Na/c1-5-7-8-9-11(6-2)14-12(13)10(3)4;7-1-3-9-5-6-10-4-2-8;1-2-3(4)5;/h11H,3,5-9H2,1-2,4H3;7-8H,1-6H2;2H,1H2,(H,4,5);/q;;;+1/p-1. The Bertz CT molecular complexity index is 408. The van der Waals surface area contributed by atoms with E-state index in [9.17, 15) is 4.79 Å². The molecule has 0 saturated heterocycles. The fourth-order valence-corrected chi connectivity index (χ4v) is 1.67. The van der Waals surface area contributed by atoms with E-state index in [4.69, 9.17) is 34.3 Å². The Kier molecular flexibility index (Phi) is 37.2. The Balaban J connectivity index is -0.000000185. The Morgan fingerprint density at radius 1 is 1.03 bits per heavy atom. The number of ether oxygens (including phenoxy) is 3. The summed E-state index contributed by atoms with van der Waals surface area (Å²) in [6, 6.07) is 0. The number of carbonyl (C=O) groups excluding carboxylic acids is 2. The topological polar surface area (TPSA) is 125 Å². The fraction of sp³-hybridized carbons (Fsp3) is 0.714. The maximum Gasteiger partial charge on any atom is 1.00 e. The molecule has 0 fully saturated rings. The van der Waals surface area contributed by atoms with Gasteiger partial charge < -0.3 is 34.3 Å². The third kappa shape index (κ3) is 34.7. The number of hydrogen-bond donors (Lipinski definition) is 2. The van der Waals surface area contributed by atoms with Gasteiger partial charge in [0.25, 0.3) is 0 Å². The van der Waals surface area contributed by atoms with Gasteiger partial charge in [0.2, 0.25) is 0 Å². The number of aliphatic carboxylic acids is 1. The number of unbranched alkanes of at least 4 members (excludes halogenated alkanes) is 2. The van der Waals surface area contributed by atoms with Crippen LogP contribution in [-0.4, -0.2) is 67.9 Å². The van der Waals surface area contributed by atoms with Crippen molar-refractivity contribution in [1.29, 1.82) is 0 Å². The van der Waals surface area contributed by atoms with Crippen LogP contribution in [0.2, 0.25) is 0 Å². The summed E-state index contributed by atoms with van der Waals surface area (Å²) in [5, 5.41) is 25.7. The molecule has 30 heavy (non-hydrogen) atoms. The van der Waals surface area contributed by atoms with Gasteiger partial charge >= 0.3 is 35.5 Å². The van der Waals surface area contributed by atoms with Gasteiger partial charge in [0.1, 0.15) is 6.10 Å². The molecule has 9 heteroatoms. The van der Waals surface area contributed by atoms with Crippen molar-refractivity contribution in [2.75, 3.05) is 39.6 Å². The Morgan fingerprint density at radius 3 is 1.80 bits per heavy atom. The number of carboxylic acids is 1. The zero-order valence-corrected chi connectivity index (χ0v) is 21.2. The van der Waals surface area contributed by atoms with E-state index in [0.29, 0.717) is 32.0 Å². The molecule has 172 valence electrons. The van der Waals surface area contributed by atoms with Crippen molar-refractivity contribution in [1.82, 2.24) is 0 Å². The molecule has 0 bridgehead atoms. The van der Waals surface area contributed by atoms with E-state index < -0.39 is 5.97 Å². The first kappa shape index (κ1) is 36.6. The molecule has 0 radical (unpaired) electrons. The van der Waals surface area contributed by atoms with Crippen molar-refractivity contribution in [2.24, 2.45) is 0 Å². The Morgan fingerprint density at radius 2 is 1.50 bits per heavy atom. The maximum absolute atomic E-state index is 11.2. The summed E-state index contributed by atoms with van der Waals surface area (Å²) >= 11 is 0. The van der Waals surface area contributed by atoms with E-state index in [0.717, 1.165) is 25.3 Å². The van der Waals surface area contributed by atoms with Crippen LogP contribution in [0, 0.1) is 0 Å². The Hall–Kier alpha value is -0.740. The van der Waals surface area contributed by atoms with Gasteiger partial charge in [-0.1, -0.05) is 39.8 Å². The zero-order valence-electron chi connectivity index (χ0n) is 19.2. The molecule has 0 rings (SSSR count). The molecule has 1 unspecified atom stereocenters. The Labute approximate surface area is 203 Å². The normalized spacial score (nSPS) is 10.2. The molecule has 0 amide bonds. The molecule has 0 heterocycles. The van der Waals surface area contributed by atoms with Crippen LogP contribution in [0.5, 0.6) is 0 Å². The number of aliphatic hydroxyl groups excluding tert-OH is 2. The molecule has 0 aliphatic carbocycles. The summed E-state index contributed by atoms with van der Waals surface area (Å²) in [6.07, 6.45) is 6.21. The summed E-state index contributed by atoms with van der Waals surface area (Å²) in [5.74, 6) is -1.49. The molecule has 0 aliphatic heterocycles. The van der Waals surface area contributed by atoms with Crippen molar-refractivity contribution in [2.45, 2.75) is 59.0 Å². The van der Waals surface area contributed by atoms with E-state index in [2.05, 4.69) is 20.1 Å². The predicted molar refractivity (Wildman–Crippen MR) is 110 cm³/mol. The first-order chi connectivity index (χ1) is 13.8. The minimum atomic E-state index is -1.23. The molecule has 1 atom stereocenters. The van der Waals surface area contributed by atoms with Crippen LogP contribution in [0.15, 0.2) is 24.8 Å². The minimum absolute atomic E-state index is 0. The van der Waals surface area contributed by atoms with Gasteiger partial charge in [-0.05, 0) is 32.3 Å². The molecule has 8 nitrogen and oxygen atoms in total. The van der Waals surface area contributed by atoms with Gasteiger partial charge in [-0.2, -0.15) is 0 Å². The first-order valence-electron chi connectivity index (χ1n) is 9.87. The van der Waals surface area contributed by atoms with Crippen LogP contribution in [0.4, 0.5) is 0 Å². The van der Waals surface area contributed by atoms with Crippen molar-refractivity contribution < 1.29 is 68.7 Å². The second kappa shape index (κ2) is 30.5. The second-order valence-electron chi connectivity index (χ2n) is 5.91. The van der Waals surface area contributed by atoms with Gasteiger partial charge in [-0.25, -0.2) is 4.79 Å². The molecule has 2 N–H and O–H groups in total. The van der Waals surface area contributed by atoms with E-state index in [1.54, 1.807) is 6.92 Å². The quantitative estimate of drug-likeness (QED) is 0.134. The van der Waals surface area contributed by atoms with Gasteiger partial charge in [0.15, 0.2) is 0 Å². The minimum Gasteiger partial charge on any atom is -0.545 e. The van der Waals surface area contributed by atoms with Gasteiger partial charge in [-0.15, -0.1) is 0 Å². The van der Waals surface area contributed by atoms with Crippen LogP contribution in [0.1, 0.15) is 52.9 Å². The van der Waals surface area contributed by atoms with Crippen LogP contribution in [-0.2, 0) is 23.8 Å². The van der Waals surface area contributed by atoms with Gasteiger partial charge in [0, 0.05) is 5.57 Å². The number of aliphatic hydroxyl groups is 2. The van der Waals surface area contributed by atoms with E-state index in [1.165, 1.54) is 12.8 Å². The van der Waals surface area contributed by atoms with Gasteiger partial charge in [-0.3, -0.25) is 0 Å². The van der Waals surface area contributed by atoms with Crippen molar-refractivity contribution in [3.8, 4) is 0 Å².